The molecule has 0 spiro atoms. The van der Waals surface area contributed by atoms with Crippen LogP contribution in [0.25, 0.3) is 0 Å². The van der Waals surface area contributed by atoms with Gasteiger partial charge in [-0.1, -0.05) is 0 Å². The van der Waals surface area contributed by atoms with Crippen molar-refractivity contribution in [3.05, 3.63) is 0 Å². The lowest BCUT2D eigenvalue weighted by Crippen LogP contribution is -2.32. The Kier molecular flexibility index (Phi) is 10.1. The summed E-state index contributed by atoms with van der Waals surface area (Å²) in [6.07, 6.45) is 0. The third kappa shape index (κ3) is 7.93. The zero-order chi connectivity index (χ0) is 7.98. The normalized spacial score (nSPS) is 11.8. The Balaban J connectivity index is 0. The van der Waals surface area contributed by atoms with Crippen LogP contribution >= 0.6 is 24.2 Å². The number of thioether (sulfide) groups is 1. The molecule has 1 atom stereocenters. The first kappa shape index (κ1) is 13.6. The maximum atomic E-state index is 10.1. The highest BCUT2D eigenvalue weighted by Crippen LogP contribution is 1.99. The van der Waals surface area contributed by atoms with Gasteiger partial charge in [-0.05, 0) is 0 Å². The molecule has 0 heterocycles. The molecule has 0 radical (unpaired) electrons. The number of nitrogens with two attached hydrogens (primary N) is 2. The summed E-state index contributed by atoms with van der Waals surface area (Å²) >= 11 is 1.46. The summed E-state index contributed by atoms with van der Waals surface area (Å²) in [5.41, 5.74) is 10.4. The number of halogens is 1. The molecule has 0 bridgehead atoms. The van der Waals surface area contributed by atoms with E-state index in [0.717, 1.165) is 5.75 Å². The minimum absolute atomic E-state index is 0. The van der Waals surface area contributed by atoms with Gasteiger partial charge in [-0.15, -0.1) is 12.4 Å². The summed E-state index contributed by atoms with van der Waals surface area (Å²) in [4.78, 5) is 10.1. The average molecular weight is 201 g/mol. The number of carboxylic acid groups (broad SMARTS) is 1. The molecule has 5 N–H and O–H groups in total. The first-order valence-corrected chi connectivity index (χ1v) is 4.10. The number of hydrogen-bond acceptors (Lipinski definition) is 4. The number of aliphatic carboxylic acids is 1. The van der Waals surface area contributed by atoms with Crippen LogP contribution in [0.3, 0.4) is 0 Å². The van der Waals surface area contributed by atoms with E-state index in [1.54, 1.807) is 0 Å². The van der Waals surface area contributed by atoms with Crippen molar-refractivity contribution in [3.63, 3.8) is 0 Å². The SMILES string of the molecule is Cl.NCCSCC(N)C(=O)O. The van der Waals surface area contributed by atoms with Crippen LogP contribution in [-0.4, -0.2) is 35.2 Å². The van der Waals surface area contributed by atoms with Crippen LogP contribution in [-0.2, 0) is 4.79 Å². The maximum Gasteiger partial charge on any atom is 0.321 e. The van der Waals surface area contributed by atoms with E-state index in [1.807, 2.05) is 0 Å². The van der Waals surface area contributed by atoms with Gasteiger partial charge >= 0.3 is 5.97 Å². The second-order valence-corrected chi connectivity index (χ2v) is 2.96. The Morgan fingerprint density at radius 2 is 2.18 bits per heavy atom. The molecule has 0 amide bonds. The molecule has 0 saturated carbocycles. The number of hydrogen-bond donors (Lipinski definition) is 3. The molecule has 0 aliphatic heterocycles. The van der Waals surface area contributed by atoms with Crippen LogP contribution in [0, 0.1) is 0 Å². The lowest BCUT2D eigenvalue weighted by Gasteiger charge is -2.03. The van der Waals surface area contributed by atoms with Crippen LogP contribution in [0.15, 0.2) is 0 Å². The van der Waals surface area contributed by atoms with Gasteiger partial charge in [0.1, 0.15) is 6.04 Å². The van der Waals surface area contributed by atoms with Crippen LogP contribution in [0.1, 0.15) is 0 Å². The smallest absolute Gasteiger partial charge is 0.321 e. The van der Waals surface area contributed by atoms with E-state index in [1.165, 1.54) is 11.8 Å². The van der Waals surface area contributed by atoms with E-state index in [4.69, 9.17) is 16.6 Å². The summed E-state index contributed by atoms with van der Waals surface area (Å²) in [6, 6.07) is -0.753. The van der Waals surface area contributed by atoms with E-state index in [-0.39, 0.29) is 12.4 Å². The Labute approximate surface area is 76.1 Å². The highest BCUT2D eigenvalue weighted by Gasteiger charge is 2.09. The first-order chi connectivity index (χ1) is 4.68. The second kappa shape index (κ2) is 8.13. The predicted molar refractivity (Wildman–Crippen MR) is 49.2 cm³/mol. The molecule has 0 fully saturated rings. The standard InChI is InChI=1S/C5H12N2O2S.ClH/c6-1-2-10-3-4(7)5(8)9;/h4H,1-3,6-7H2,(H,8,9);1H. The average Bonchev–Trinajstić information content (AvgIpc) is 1.88. The van der Waals surface area contributed by atoms with E-state index >= 15 is 0 Å². The monoisotopic (exact) mass is 200 g/mol. The van der Waals surface area contributed by atoms with Gasteiger partial charge in [0.15, 0.2) is 0 Å². The van der Waals surface area contributed by atoms with Crippen molar-refractivity contribution in [1.82, 2.24) is 0 Å². The van der Waals surface area contributed by atoms with Crippen molar-refractivity contribution < 1.29 is 9.90 Å². The molecule has 68 valence electrons. The molecule has 0 aromatic carbocycles. The Bertz CT molecular complexity index is 115. The molecule has 0 rings (SSSR count). The molecule has 0 aromatic heterocycles. The third-order valence-electron chi connectivity index (χ3n) is 0.877. The number of carbonyl (C=O) groups is 1. The summed E-state index contributed by atoms with van der Waals surface area (Å²) in [5.74, 6) is 0.248. The first-order valence-electron chi connectivity index (χ1n) is 2.94. The van der Waals surface area contributed by atoms with Crippen LogP contribution in [0.5, 0.6) is 0 Å². The predicted octanol–water partition coefficient (Wildman–Crippen LogP) is -0.488. The van der Waals surface area contributed by atoms with Crippen molar-refractivity contribution >= 4 is 30.1 Å². The third-order valence-corrected chi connectivity index (χ3v) is 2.00. The number of carboxylic acids is 1. The maximum absolute atomic E-state index is 10.1. The zero-order valence-corrected chi connectivity index (χ0v) is 7.66. The topological polar surface area (TPSA) is 89.3 Å². The lowest BCUT2D eigenvalue weighted by molar-refractivity contribution is -0.137. The van der Waals surface area contributed by atoms with Gasteiger partial charge in [0.25, 0.3) is 0 Å². The molecular formula is C5H13ClN2O2S. The summed E-state index contributed by atoms with van der Waals surface area (Å²) in [5, 5.41) is 8.31. The van der Waals surface area contributed by atoms with Crippen molar-refractivity contribution in [2.45, 2.75) is 6.04 Å². The van der Waals surface area contributed by atoms with Gasteiger partial charge in [-0.25, -0.2) is 0 Å². The Morgan fingerprint density at radius 3 is 2.55 bits per heavy atom. The van der Waals surface area contributed by atoms with Crippen molar-refractivity contribution in [2.75, 3.05) is 18.1 Å². The molecule has 0 saturated heterocycles. The Morgan fingerprint density at radius 1 is 1.64 bits per heavy atom. The fourth-order valence-electron chi connectivity index (χ4n) is 0.365. The largest absolute Gasteiger partial charge is 0.480 e. The molecule has 11 heavy (non-hydrogen) atoms. The molecule has 0 aliphatic carbocycles. The minimum atomic E-state index is -0.954. The molecular weight excluding hydrogens is 188 g/mol. The van der Waals surface area contributed by atoms with E-state index in [9.17, 15) is 4.79 Å². The molecule has 6 heteroatoms. The van der Waals surface area contributed by atoms with Gasteiger partial charge in [-0.3, -0.25) is 4.79 Å². The highest BCUT2D eigenvalue weighted by molar-refractivity contribution is 7.99. The van der Waals surface area contributed by atoms with Crippen molar-refractivity contribution in [2.24, 2.45) is 11.5 Å². The quantitative estimate of drug-likeness (QED) is 0.522. The summed E-state index contributed by atoms with van der Waals surface area (Å²) in [6.45, 7) is 0.566. The van der Waals surface area contributed by atoms with E-state index in [2.05, 4.69) is 0 Å². The van der Waals surface area contributed by atoms with Gasteiger partial charge in [0, 0.05) is 18.1 Å². The molecule has 4 nitrogen and oxygen atoms in total. The van der Waals surface area contributed by atoms with Gasteiger partial charge < -0.3 is 16.6 Å². The van der Waals surface area contributed by atoms with Gasteiger partial charge in [-0.2, -0.15) is 11.8 Å². The van der Waals surface area contributed by atoms with Crippen molar-refractivity contribution in [3.8, 4) is 0 Å². The minimum Gasteiger partial charge on any atom is -0.480 e. The van der Waals surface area contributed by atoms with Crippen LogP contribution in [0.2, 0.25) is 0 Å². The van der Waals surface area contributed by atoms with Gasteiger partial charge in [0.2, 0.25) is 0 Å². The van der Waals surface area contributed by atoms with Crippen LogP contribution in [0.4, 0.5) is 0 Å². The molecule has 1 unspecified atom stereocenters. The molecule has 0 aliphatic rings. The Hall–Kier alpha value is 0.0300. The lowest BCUT2D eigenvalue weighted by atomic mass is 10.4. The summed E-state index contributed by atoms with van der Waals surface area (Å²) in [7, 11) is 0. The van der Waals surface area contributed by atoms with Crippen molar-refractivity contribution in [1.29, 1.82) is 0 Å². The molecule has 0 aromatic rings. The fourth-order valence-corrected chi connectivity index (χ4v) is 1.09. The summed E-state index contributed by atoms with van der Waals surface area (Å²) < 4.78 is 0. The second-order valence-electron chi connectivity index (χ2n) is 1.81. The zero-order valence-electron chi connectivity index (χ0n) is 6.03. The number of rotatable bonds is 5. The van der Waals surface area contributed by atoms with E-state index in [0.29, 0.717) is 12.3 Å². The highest BCUT2D eigenvalue weighted by atomic mass is 35.5. The van der Waals surface area contributed by atoms with Gasteiger partial charge in [0.05, 0.1) is 0 Å². The van der Waals surface area contributed by atoms with Crippen LogP contribution < -0.4 is 11.5 Å². The fraction of sp³-hybridized carbons (Fsp3) is 0.800. The van der Waals surface area contributed by atoms with E-state index < -0.39 is 12.0 Å².